The summed E-state index contributed by atoms with van der Waals surface area (Å²) >= 11 is 6.67. The molecule has 0 fully saturated rings. The van der Waals surface area contributed by atoms with Gasteiger partial charge in [-0.15, -0.1) is 0 Å². The predicted molar refractivity (Wildman–Crippen MR) is 138 cm³/mol. The Bertz CT molecular complexity index is 1060. The van der Waals surface area contributed by atoms with E-state index in [0.717, 1.165) is 43.4 Å². The number of hydrogen-bond donors (Lipinski definition) is 2. The Morgan fingerprint density at radius 3 is 2.82 bits per heavy atom. The van der Waals surface area contributed by atoms with Crippen LogP contribution in [0.25, 0.3) is 0 Å². The minimum absolute atomic E-state index is 0.0211. The number of carbonyl (C=O) groups is 1. The molecule has 5 heteroatoms. The first-order valence-electron chi connectivity index (χ1n) is 12.3. The van der Waals surface area contributed by atoms with Crippen molar-refractivity contribution < 1.29 is 14.6 Å². The molecule has 34 heavy (non-hydrogen) atoms. The lowest BCUT2D eigenvalue weighted by molar-refractivity contribution is -0.136. The second-order valence-electron chi connectivity index (χ2n) is 9.28. The molecular formula is C29H34ClNO3. The van der Waals surface area contributed by atoms with Gasteiger partial charge in [0, 0.05) is 18.9 Å². The van der Waals surface area contributed by atoms with Gasteiger partial charge in [-0.2, -0.15) is 0 Å². The monoisotopic (exact) mass is 479 g/mol. The van der Waals surface area contributed by atoms with E-state index >= 15 is 0 Å². The summed E-state index contributed by atoms with van der Waals surface area (Å²) in [6.07, 6.45) is 11.3. The average molecular weight is 480 g/mol. The van der Waals surface area contributed by atoms with Crippen molar-refractivity contribution in [2.75, 3.05) is 13.2 Å². The highest BCUT2D eigenvalue weighted by Crippen LogP contribution is 2.42. The van der Waals surface area contributed by atoms with Crippen LogP contribution in [0.3, 0.4) is 0 Å². The molecular weight excluding hydrogens is 446 g/mol. The first kappa shape index (κ1) is 24.6. The van der Waals surface area contributed by atoms with Crippen LogP contribution < -0.4 is 10.1 Å². The van der Waals surface area contributed by atoms with Gasteiger partial charge in [-0.25, -0.2) is 0 Å². The second-order valence-corrected chi connectivity index (χ2v) is 9.96. The summed E-state index contributed by atoms with van der Waals surface area (Å²) in [7, 11) is 0. The van der Waals surface area contributed by atoms with Crippen molar-refractivity contribution in [1.82, 2.24) is 5.32 Å². The molecule has 0 radical (unpaired) electrons. The Morgan fingerprint density at radius 1 is 1.24 bits per heavy atom. The third kappa shape index (κ3) is 5.92. The van der Waals surface area contributed by atoms with Gasteiger partial charge in [0.15, 0.2) is 0 Å². The fourth-order valence-corrected chi connectivity index (χ4v) is 5.56. The molecule has 0 aliphatic heterocycles. The van der Waals surface area contributed by atoms with Gasteiger partial charge >= 0.3 is 5.97 Å². The lowest BCUT2D eigenvalue weighted by Gasteiger charge is -2.28. The number of rotatable bonds is 11. The number of alkyl halides is 1. The van der Waals surface area contributed by atoms with Gasteiger partial charge in [0.05, 0.1) is 13.0 Å². The van der Waals surface area contributed by atoms with E-state index in [1.165, 1.54) is 22.3 Å². The number of ether oxygens (including phenoxy) is 1. The van der Waals surface area contributed by atoms with Crippen LogP contribution in [0.2, 0.25) is 0 Å². The van der Waals surface area contributed by atoms with Gasteiger partial charge in [0.2, 0.25) is 0 Å². The summed E-state index contributed by atoms with van der Waals surface area (Å²) in [5.41, 5.74) is 6.54. The van der Waals surface area contributed by atoms with Crippen LogP contribution >= 0.6 is 11.6 Å². The zero-order chi connectivity index (χ0) is 24.0. The molecule has 0 saturated heterocycles. The molecule has 2 N–H and O–H groups in total. The van der Waals surface area contributed by atoms with Crippen molar-refractivity contribution in [2.45, 2.75) is 62.8 Å². The van der Waals surface area contributed by atoms with Crippen LogP contribution in [0.1, 0.15) is 67.2 Å². The Balaban J connectivity index is 1.34. The maximum Gasteiger partial charge on any atom is 0.307 e. The van der Waals surface area contributed by atoms with Crippen molar-refractivity contribution in [3.05, 3.63) is 88.5 Å². The molecule has 0 aromatic heterocycles. The molecule has 0 amide bonds. The number of benzene rings is 2. The van der Waals surface area contributed by atoms with E-state index in [-0.39, 0.29) is 6.42 Å². The molecule has 0 bridgehead atoms. The molecule has 2 atom stereocenters. The van der Waals surface area contributed by atoms with E-state index in [9.17, 15) is 4.79 Å². The minimum Gasteiger partial charge on any atom is -0.493 e. The zero-order valence-corrected chi connectivity index (χ0v) is 20.6. The van der Waals surface area contributed by atoms with E-state index in [4.69, 9.17) is 21.4 Å². The maximum absolute atomic E-state index is 11.0. The first-order valence-corrected chi connectivity index (χ1v) is 12.7. The fourth-order valence-electron chi connectivity index (χ4n) is 5.22. The molecule has 2 unspecified atom stereocenters. The SMILES string of the molecule is CCCc1c(OCCCNC2(Cl)C=CC=C(CC(=O)O)C2)ccc2c1CCC2c1ccccc1. The Kier molecular flexibility index (Phi) is 8.12. The number of halogens is 1. The third-order valence-electron chi connectivity index (χ3n) is 6.74. The van der Waals surface area contributed by atoms with Gasteiger partial charge in [0.25, 0.3) is 0 Å². The van der Waals surface area contributed by atoms with E-state index in [1.54, 1.807) is 0 Å². The van der Waals surface area contributed by atoms with Crippen molar-refractivity contribution >= 4 is 17.6 Å². The number of aliphatic carboxylic acids is 1. The molecule has 0 spiro atoms. The van der Waals surface area contributed by atoms with Crippen LogP contribution in [-0.2, 0) is 17.6 Å². The van der Waals surface area contributed by atoms with Crippen molar-refractivity contribution in [3.8, 4) is 5.75 Å². The summed E-state index contributed by atoms with van der Waals surface area (Å²) in [4.78, 5) is 10.3. The predicted octanol–water partition coefficient (Wildman–Crippen LogP) is 6.37. The summed E-state index contributed by atoms with van der Waals surface area (Å²) < 4.78 is 6.26. The molecule has 180 valence electrons. The van der Waals surface area contributed by atoms with E-state index in [2.05, 4.69) is 54.7 Å². The second kappa shape index (κ2) is 11.2. The summed E-state index contributed by atoms with van der Waals surface area (Å²) in [6.45, 7) is 3.53. The summed E-state index contributed by atoms with van der Waals surface area (Å²) in [6, 6.07) is 15.2. The standard InChI is InChI=1S/C29H34ClNO3/c1-2-8-26-25-13-12-23(22-10-4-3-5-11-22)24(25)14-15-27(26)34-18-7-17-31-29(30)16-6-9-21(20-29)19-28(32)33/h3-6,9-11,14-16,23,31H,2,7-8,12-13,17-20H2,1H3,(H,32,33). The number of carboxylic acids is 1. The van der Waals surface area contributed by atoms with E-state index in [1.807, 2.05) is 18.2 Å². The molecule has 2 aromatic carbocycles. The van der Waals surface area contributed by atoms with Crippen molar-refractivity contribution in [3.63, 3.8) is 0 Å². The highest BCUT2D eigenvalue weighted by Gasteiger charge is 2.28. The number of hydrogen-bond acceptors (Lipinski definition) is 3. The van der Waals surface area contributed by atoms with Crippen LogP contribution in [0.5, 0.6) is 5.75 Å². The van der Waals surface area contributed by atoms with Gasteiger partial charge in [0.1, 0.15) is 10.7 Å². The lowest BCUT2D eigenvalue weighted by Crippen LogP contribution is -2.40. The normalized spacial score (nSPS) is 21.2. The molecule has 0 heterocycles. The molecule has 4 rings (SSSR count). The smallest absolute Gasteiger partial charge is 0.307 e. The number of carboxylic acid groups (broad SMARTS) is 1. The van der Waals surface area contributed by atoms with Crippen LogP contribution in [0.15, 0.2) is 66.3 Å². The molecule has 2 aliphatic carbocycles. The molecule has 4 nitrogen and oxygen atoms in total. The van der Waals surface area contributed by atoms with Crippen molar-refractivity contribution in [2.24, 2.45) is 0 Å². The third-order valence-corrected chi connectivity index (χ3v) is 7.13. The van der Waals surface area contributed by atoms with E-state index < -0.39 is 11.0 Å². The van der Waals surface area contributed by atoms with Gasteiger partial charge in [-0.05, 0) is 60.1 Å². The molecule has 2 aromatic rings. The molecule has 0 saturated carbocycles. The average Bonchev–Trinajstić information content (AvgIpc) is 3.25. The summed E-state index contributed by atoms with van der Waals surface area (Å²) in [5.74, 6) is 0.661. The van der Waals surface area contributed by atoms with Crippen LogP contribution in [0, 0.1) is 0 Å². The Hall–Kier alpha value is -2.56. The maximum atomic E-state index is 11.0. The zero-order valence-electron chi connectivity index (χ0n) is 19.9. The van der Waals surface area contributed by atoms with Crippen LogP contribution in [0.4, 0.5) is 0 Å². The minimum atomic E-state index is -0.832. The van der Waals surface area contributed by atoms with Gasteiger partial charge in [-0.3, -0.25) is 10.1 Å². The topological polar surface area (TPSA) is 58.6 Å². The lowest BCUT2D eigenvalue weighted by atomic mass is 9.91. The van der Waals surface area contributed by atoms with Gasteiger partial charge in [-0.1, -0.05) is 79.1 Å². The Morgan fingerprint density at radius 2 is 2.06 bits per heavy atom. The summed E-state index contributed by atoms with van der Waals surface area (Å²) in [5, 5.41) is 12.4. The first-order chi connectivity index (χ1) is 16.5. The largest absolute Gasteiger partial charge is 0.493 e. The number of nitrogens with one attached hydrogen (secondary N) is 1. The quantitative estimate of drug-likeness (QED) is 0.223. The highest BCUT2D eigenvalue weighted by molar-refractivity contribution is 6.25. The van der Waals surface area contributed by atoms with Crippen molar-refractivity contribution in [1.29, 1.82) is 0 Å². The highest BCUT2D eigenvalue weighted by atomic mass is 35.5. The number of allylic oxidation sites excluding steroid dienone is 2. The number of fused-ring (bicyclic) bond motifs is 1. The van der Waals surface area contributed by atoms with Crippen LogP contribution in [-0.4, -0.2) is 29.2 Å². The Labute approximate surface area is 207 Å². The fraction of sp³-hybridized carbons (Fsp3) is 0.414. The van der Waals surface area contributed by atoms with Gasteiger partial charge < -0.3 is 9.84 Å². The molecule has 2 aliphatic rings. The van der Waals surface area contributed by atoms with E-state index in [0.29, 0.717) is 25.5 Å².